The van der Waals surface area contributed by atoms with Crippen molar-refractivity contribution in [3.63, 3.8) is 0 Å². The molecule has 0 aliphatic carbocycles. The van der Waals surface area contributed by atoms with E-state index in [1.807, 2.05) is 0 Å². The molecule has 0 aromatic rings. The first-order chi connectivity index (χ1) is 7.55. The quantitative estimate of drug-likeness (QED) is 0.767. The zero-order valence-corrected chi connectivity index (χ0v) is 10.8. The lowest BCUT2D eigenvalue weighted by Crippen LogP contribution is -2.39. The molecule has 0 amide bonds. The minimum absolute atomic E-state index is 0.213. The van der Waals surface area contributed by atoms with Crippen molar-refractivity contribution >= 4 is 9.84 Å². The van der Waals surface area contributed by atoms with Crippen molar-refractivity contribution in [3.05, 3.63) is 0 Å². The molecule has 0 aromatic carbocycles. The van der Waals surface area contributed by atoms with Gasteiger partial charge in [-0.05, 0) is 51.9 Å². The van der Waals surface area contributed by atoms with Gasteiger partial charge in [-0.2, -0.15) is 0 Å². The van der Waals surface area contributed by atoms with Crippen LogP contribution in [0.2, 0.25) is 0 Å². The highest BCUT2D eigenvalue weighted by Crippen LogP contribution is 2.17. The van der Waals surface area contributed by atoms with E-state index in [0.29, 0.717) is 11.5 Å². The third-order valence-electron chi connectivity index (χ3n) is 3.77. The third-order valence-corrected chi connectivity index (χ3v) is 5.53. The molecule has 2 aliphatic rings. The maximum absolute atomic E-state index is 11.3. The molecule has 0 bridgehead atoms. The normalized spacial score (nSPS) is 31.9. The molecule has 0 saturated carbocycles. The van der Waals surface area contributed by atoms with E-state index in [2.05, 4.69) is 17.3 Å². The summed E-state index contributed by atoms with van der Waals surface area (Å²) >= 11 is 0. The summed E-state index contributed by atoms with van der Waals surface area (Å²) in [6, 6.07) is 0.213. The molecule has 1 unspecified atom stereocenters. The Morgan fingerprint density at radius 3 is 2.50 bits per heavy atom. The minimum Gasteiger partial charge on any atom is -0.313 e. The Hall–Kier alpha value is -0.130. The summed E-state index contributed by atoms with van der Waals surface area (Å²) in [7, 11) is -0.568. The molecular weight excluding hydrogens is 224 g/mol. The van der Waals surface area contributed by atoms with Crippen LogP contribution in [0.15, 0.2) is 0 Å². The van der Waals surface area contributed by atoms with E-state index in [1.165, 1.54) is 25.9 Å². The van der Waals surface area contributed by atoms with Crippen molar-refractivity contribution in [2.45, 2.75) is 25.3 Å². The number of piperidine rings is 1. The first-order valence-corrected chi connectivity index (χ1v) is 8.00. The predicted molar refractivity (Wildman–Crippen MR) is 65.3 cm³/mol. The Balaban J connectivity index is 1.68. The minimum atomic E-state index is -2.73. The van der Waals surface area contributed by atoms with E-state index in [4.69, 9.17) is 0 Å². The Morgan fingerprint density at radius 2 is 1.94 bits per heavy atom. The molecular formula is C11H22N2O2S. The largest absolute Gasteiger partial charge is 0.313 e. The fourth-order valence-corrected chi connectivity index (χ4v) is 4.26. The molecule has 2 aliphatic heterocycles. The summed E-state index contributed by atoms with van der Waals surface area (Å²) in [4.78, 5) is 2.36. The summed E-state index contributed by atoms with van der Waals surface area (Å²) in [5, 5.41) is 3.42. The van der Waals surface area contributed by atoms with Crippen LogP contribution in [0.1, 0.15) is 19.3 Å². The number of rotatable bonds is 3. The van der Waals surface area contributed by atoms with E-state index >= 15 is 0 Å². The van der Waals surface area contributed by atoms with Gasteiger partial charge in [-0.15, -0.1) is 0 Å². The van der Waals surface area contributed by atoms with Gasteiger partial charge in [0.05, 0.1) is 11.5 Å². The SMILES string of the molecule is CN1CCC(CNC2CCS(=O)(=O)C2)CC1. The smallest absolute Gasteiger partial charge is 0.151 e. The second kappa shape index (κ2) is 5.02. The zero-order valence-electron chi connectivity index (χ0n) is 9.98. The van der Waals surface area contributed by atoms with Crippen molar-refractivity contribution in [3.8, 4) is 0 Å². The summed E-state index contributed by atoms with van der Waals surface area (Å²) in [5.74, 6) is 1.46. The van der Waals surface area contributed by atoms with Crippen LogP contribution >= 0.6 is 0 Å². The number of likely N-dealkylation sites (tertiary alicyclic amines) is 1. The summed E-state index contributed by atoms with van der Waals surface area (Å²) < 4.78 is 22.6. The fourth-order valence-electron chi connectivity index (χ4n) is 2.56. The number of sulfone groups is 1. The zero-order chi connectivity index (χ0) is 11.6. The summed E-state index contributed by atoms with van der Waals surface area (Å²) in [6.07, 6.45) is 3.28. The third kappa shape index (κ3) is 3.43. The van der Waals surface area contributed by atoms with Gasteiger partial charge in [-0.3, -0.25) is 0 Å². The van der Waals surface area contributed by atoms with Crippen LogP contribution in [0.25, 0.3) is 0 Å². The lowest BCUT2D eigenvalue weighted by atomic mass is 9.97. The standard InChI is InChI=1S/C11H22N2O2S/c1-13-5-2-10(3-6-13)8-12-11-4-7-16(14,15)9-11/h10-12H,2-9H2,1H3. The first kappa shape index (κ1) is 12.3. The van der Waals surface area contributed by atoms with Gasteiger partial charge in [0.15, 0.2) is 9.84 Å². The molecule has 0 spiro atoms. The molecule has 0 radical (unpaired) electrons. The van der Waals surface area contributed by atoms with Crippen LogP contribution in [0.3, 0.4) is 0 Å². The first-order valence-electron chi connectivity index (χ1n) is 6.17. The van der Waals surface area contributed by atoms with Gasteiger partial charge in [-0.25, -0.2) is 8.42 Å². The Bertz CT molecular complexity index is 321. The average Bonchev–Trinajstić information content (AvgIpc) is 2.58. The maximum Gasteiger partial charge on any atom is 0.151 e. The monoisotopic (exact) mass is 246 g/mol. The van der Waals surface area contributed by atoms with Crippen molar-refractivity contribution in [2.75, 3.05) is 38.2 Å². The van der Waals surface area contributed by atoms with Crippen molar-refractivity contribution in [2.24, 2.45) is 5.92 Å². The van der Waals surface area contributed by atoms with Gasteiger partial charge in [0.25, 0.3) is 0 Å². The Kier molecular flexibility index (Phi) is 3.87. The van der Waals surface area contributed by atoms with E-state index in [9.17, 15) is 8.42 Å². The second-order valence-corrected chi connectivity index (χ2v) is 7.48. The number of nitrogens with zero attached hydrogens (tertiary/aromatic N) is 1. The fraction of sp³-hybridized carbons (Fsp3) is 1.00. The molecule has 0 aromatic heterocycles. The van der Waals surface area contributed by atoms with Gasteiger partial charge in [0, 0.05) is 6.04 Å². The average molecular weight is 246 g/mol. The van der Waals surface area contributed by atoms with Gasteiger partial charge in [0.1, 0.15) is 0 Å². The Labute approximate surface area is 98.3 Å². The van der Waals surface area contributed by atoms with E-state index in [-0.39, 0.29) is 6.04 Å². The maximum atomic E-state index is 11.3. The van der Waals surface area contributed by atoms with Crippen molar-refractivity contribution in [1.29, 1.82) is 0 Å². The van der Waals surface area contributed by atoms with Crippen LogP contribution in [0.4, 0.5) is 0 Å². The molecule has 5 heteroatoms. The molecule has 2 fully saturated rings. The van der Waals surface area contributed by atoms with E-state index in [0.717, 1.165) is 18.9 Å². The van der Waals surface area contributed by atoms with Crippen LogP contribution < -0.4 is 5.32 Å². The van der Waals surface area contributed by atoms with Gasteiger partial charge in [0.2, 0.25) is 0 Å². The van der Waals surface area contributed by atoms with E-state index in [1.54, 1.807) is 0 Å². The molecule has 1 atom stereocenters. The molecule has 2 heterocycles. The Morgan fingerprint density at radius 1 is 1.25 bits per heavy atom. The molecule has 2 rings (SSSR count). The van der Waals surface area contributed by atoms with Gasteiger partial charge in [-0.1, -0.05) is 0 Å². The van der Waals surface area contributed by atoms with Crippen LogP contribution in [0, 0.1) is 5.92 Å². The van der Waals surface area contributed by atoms with Crippen LogP contribution in [0.5, 0.6) is 0 Å². The molecule has 1 N–H and O–H groups in total. The second-order valence-electron chi connectivity index (χ2n) is 5.25. The molecule has 2 saturated heterocycles. The molecule has 94 valence electrons. The van der Waals surface area contributed by atoms with Crippen LogP contribution in [-0.2, 0) is 9.84 Å². The number of hydrogen-bond donors (Lipinski definition) is 1. The number of nitrogens with one attached hydrogen (secondary N) is 1. The lowest BCUT2D eigenvalue weighted by molar-refractivity contribution is 0.213. The van der Waals surface area contributed by atoms with Crippen molar-refractivity contribution < 1.29 is 8.42 Å². The van der Waals surface area contributed by atoms with E-state index < -0.39 is 9.84 Å². The summed E-state index contributed by atoms with van der Waals surface area (Å²) in [5.41, 5.74) is 0. The van der Waals surface area contributed by atoms with Crippen molar-refractivity contribution in [1.82, 2.24) is 10.2 Å². The molecule has 4 nitrogen and oxygen atoms in total. The van der Waals surface area contributed by atoms with Gasteiger partial charge >= 0.3 is 0 Å². The van der Waals surface area contributed by atoms with Crippen LogP contribution in [-0.4, -0.2) is 57.5 Å². The summed E-state index contributed by atoms with van der Waals surface area (Å²) in [6.45, 7) is 3.35. The predicted octanol–water partition coefficient (Wildman–Crippen LogP) is 0.105. The highest BCUT2D eigenvalue weighted by molar-refractivity contribution is 7.91. The topological polar surface area (TPSA) is 49.4 Å². The number of hydrogen-bond acceptors (Lipinski definition) is 4. The highest BCUT2D eigenvalue weighted by Gasteiger charge is 2.28. The van der Waals surface area contributed by atoms with Gasteiger partial charge < -0.3 is 10.2 Å². The lowest BCUT2D eigenvalue weighted by Gasteiger charge is -2.29. The molecule has 16 heavy (non-hydrogen) atoms. The highest BCUT2D eigenvalue weighted by atomic mass is 32.2.